The number of carbonyl (C=O) groups is 2. The van der Waals surface area contributed by atoms with E-state index in [-0.39, 0.29) is 0 Å². The normalized spacial score (nSPS) is 11.9. The molecule has 66 valence electrons. The van der Waals surface area contributed by atoms with Gasteiger partial charge in [0.25, 0.3) is 5.91 Å². The number of nitrogens with zero attached hydrogens (tertiary/aromatic N) is 1. The van der Waals surface area contributed by atoms with Crippen molar-refractivity contribution >= 4 is 18.1 Å². The topological polar surface area (TPSA) is 92.8 Å². The van der Waals surface area contributed by atoms with Crippen molar-refractivity contribution in [1.29, 1.82) is 0 Å². The number of hydrogen-bond donors (Lipinski definition) is 2. The summed E-state index contributed by atoms with van der Waals surface area (Å²) in [7, 11) is 0. The number of carbonyl (C=O) groups excluding carboxylic acids is 1. The fourth-order valence-electron chi connectivity index (χ4n) is 0.413. The first kappa shape index (κ1) is 10.3. The van der Waals surface area contributed by atoms with Gasteiger partial charge in [-0.25, -0.2) is 9.79 Å². The van der Waals surface area contributed by atoms with Gasteiger partial charge in [-0.3, -0.25) is 4.79 Å². The summed E-state index contributed by atoms with van der Waals surface area (Å²) in [6.07, 6.45) is 2.77. The third kappa shape index (κ3) is 4.21. The largest absolute Gasteiger partial charge is 0.477 e. The summed E-state index contributed by atoms with van der Waals surface area (Å²) in [6.45, 7) is 1.81. The van der Waals surface area contributed by atoms with Crippen molar-refractivity contribution in [1.82, 2.24) is 0 Å². The summed E-state index contributed by atoms with van der Waals surface area (Å²) in [5.41, 5.74) is 4.45. The van der Waals surface area contributed by atoms with E-state index in [0.29, 0.717) is 6.42 Å². The Morgan fingerprint density at radius 3 is 2.58 bits per heavy atom. The van der Waals surface area contributed by atoms with Gasteiger partial charge in [0.2, 0.25) is 0 Å². The Morgan fingerprint density at radius 2 is 2.17 bits per heavy atom. The number of rotatable bonds is 3. The van der Waals surface area contributed by atoms with E-state index < -0.39 is 17.6 Å². The summed E-state index contributed by atoms with van der Waals surface area (Å²) in [6, 6.07) is 0. The minimum atomic E-state index is -1.32. The van der Waals surface area contributed by atoms with Crippen molar-refractivity contribution in [3.05, 3.63) is 11.8 Å². The van der Waals surface area contributed by atoms with Crippen LogP contribution in [0.15, 0.2) is 16.8 Å². The Kier molecular flexibility index (Phi) is 4.36. The second kappa shape index (κ2) is 5.06. The second-order valence-electron chi connectivity index (χ2n) is 1.96. The van der Waals surface area contributed by atoms with E-state index in [0.717, 1.165) is 6.08 Å². The van der Waals surface area contributed by atoms with Crippen LogP contribution in [0.2, 0.25) is 0 Å². The number of aliphatic imine (C=N–C) groups is 1. The molecule has 0 aliphatic carbocycles. The molecular formula is C7H10N2O3. The van der Waals surface area contributed by atoms with Gasteiger partial charge in [0.05, 0.1) is 0 Å². The SMILES string of the molecule is CCC=NC(=O)/C=C(/N)C(=O)O. The highest BCUT2D eigenvalue weighted by atomic mass is 16.4. The number of amides is 1. The lowest BCUT2D eigenvalue weighted by molar-refractivity contribution is -0.133. The highest BCUT2D eigenvalue weighted by molar-refractivity contribution is 5.99. The van der Waals surface area contributed by atoms with Gasteiger partial charge in [-0.15, -0.1) is 0 Å². The Bertz CT molecular complexity index is 243. The Morgan fingerprint density at radius 1 is 1.58 bits per heavy atom. The molecule has 0 saturated heterocycles. The molecule has 0 rings (SSSR count). The van der Waals surface area contributed by atoms with Crippen molar-refractivity contribution in [2.75, 3.05) is 0 Å². The molecule has 0 spiro atoms. The van der Waals surface area contributed by atoms with E-state index >= 15 is 0 Å². The molecule has 0 bridgehead atoms. The summed E-state index contributed by atoms with van der Waals surface area (Å²) < 4.78 is 0. The van der Waals surface area contributed by atoms with E-state index in [1.807, 2.05) is 0 Å². The van der Waals surface area contributed by atoms with Crippen LogP contribution in [-0.4, -0.2) is 23.2 Å². The summed E-state index contributed by atoms with van der Waals surface area (Å²) >= 11 is 0. The van der Waals surface area contributed by atoms with Crippen LogP contribution < -0.4 is 5.73 Å². The molecule has 0 heterocycles. The van der Waals surface area contributed by atoms with Crippen molar-refractivity contribution in [3.8, 4) is 0 Å². The van der Waals surface area contributed by atoms with E-state index in [9.17, 15) is 9.59 Å². The molecule has 0 radical (unpaired) electrons. The first-order valence-electron chi connectivity index (χ1n) is 3.35. The molecule has 0 unspecified atom stereocenters. The highest BCUT2D eigenvalue weighted by Crippen LogP contribution is 1.86. The van der Waals surface area contributed by atoms with Crippen LogP contribution in [-0.2, 0) is 9.59 Å². The molecule has 0 aromatic heterocycles. The molecule has 5 heteroatoms. The molecule has 0 aromatic carbocycles. The summed E-state index contributed by atoms with van der Waals surface area (Å²) in [5.74, 6) is -1.98. The van der Waals surface area contributed by atoms with Crippen LogP contribution in [0.5, 0.6) is 0 Å². The third-order valence-corrected chi connectivity index (χ3v) is 0.927. The smallest absolute Gasteiger partial charge is 0.351 e. The minimum absolute atomic E-state index is 0.506. The average molecular weight is 170 g/mol. The van der Waals surface area contributed by atoms with Gasteiger partial charge in [-0.1, -0.05) is 6.92 Å². The Balaban J connectivity index is 4.24. The molecule has 0 aliphatic heterocycles. The first-order valence-corrected chi connectivity index (χ1v) is 3.35. The van der Waals surface area contributed by atoms with Gasteiger partial charge in [-0.2, -0.15) is 0 Å². The maximum absolute atomic E-state index is 10.7. The standard InChI is InChI=1S/C7H10N2O3/c1-2-3-9-6(10)4-5(8)7(11)12/h3-4H,2,8H2,1H3,(H,11,12)/b5-4+,9-3?. The molecule has 0 aliphatic rings. The summed E-state index contributed by atoms with van der Waals surface area (Å²) in [4.78, 5) is 24.2. The van der Waals surface area contributed by atoms with Gasteiger partial charge in [0.15, 0.2) is 0 Å². The van der Waals surface area contributed by atoms with Crippen LogP contribution in [0.3, 0.4) is 0 Å². The van der Waals surface area contributed by atoms with Gasteiger partial charge in [0.1, 0.15) is 5.70 Å². The molecule has 0 fully saturated rings. The van der Waals surface area contributed by atoms with Crippen LogP contribution in [0.4, 0.5) is 0 Å². The van der Waals surface area contributed by atoms with Crippen LogP contribution >= 0.6 is 0 Å². The summed E-state index contributed by atoms with van der Waals surface area (Å²) in [5, 5.41) is 8.26. The zero-order valence-corrected chi connectivity index (χ0v) is 6.65. The zero-order valence-electron chi connectivity index (χ0n) is 6.65. The number of nitrogens with two attached hydrogens (primary N) is 1. The molecule has 0 aromatic rings. The maximum atomic E-state index is 10.7. The number of aliphatic carboxylic acids is 1. The van der Waals surface area contributed by atoms with Gasteiger partial charge in [-0.05, 0) is 6.42 Å². The van der Waals surface area contributed by atoms with Crippen molar-refractivity contribution in [2.24, 2.45) is 10.7 Å². The lowest BCUT2D eigenvalue weighted by Crippen LogP contribution is -2.11. The van der Waals surface area contributed by atoms with E-state index in [1.165, 1.54) is 6.21 Å². The molecule has 3 N–H and O–H groups in total. The lowest BCUT2D eigenvalue weighted by Gasteiger charge is -1.89. The molecule has 0 atom stereocenters. The number of carboxylic acids is 1. The van der Waals surface area contributed by atoms with E-state index in [2.05, 4.69) is 4.99 Å². The van der Waals surface area contributed by atoms with E-state index in [4.69, 9.17) is 10.8 Å². The molecule has 12 heavy (non-hydrogen) atoms. The predicted molar refractivity (Wildman–Crippen MR) is 43.7 cm³/mol. The number of carboxylic acid groups (broad SMARTS) is 1. The fraction of sp³-hybridized carbons (Fsp3) is 0.286. The Hall–Kier alpha value is -1.65. The maximum Gasteiger partial charge on any atom is 0.351 e. The third-order valence-electron chi connectivity index (χ3n) is 0.927. The lowest BCUT2D eigenvalue weighted by atomic mass is 10.4. The van der Waals surface area contributed by atoms with Gasteiger partial charge >= 0.3 is 5.97 Å². The zero-order chi connectivity index (χ0) is 9.56. The quantitative estimate of drug-likeness (QED) is 0.457. The van der Waals surface area contributed by atoms with Crippen molar-refractivity contribution < 1.29 is 14.7 Å². The highest BCUT2D eigenvalue weighted by Gasteiger charge is 2.02. The molecule has 0 saturated carbocycles. The monoisotopic (exact) mass is 170 g/mol. The van der Waals surface area contributed by atoms with Crippen LogP contribution in [0.25, 0.3) is 0 Å². The molecule has 5 nitrogen and oxygen atoms in total. The van der Waals surface area contributed by atoms with Crippen molar-refractivity contribution in [2.45, 2.75) is 13.3 Å². The fourth-order valence-corrected chi connectivity index (χ4v) is 0.413. The van der Waals surface area contributed by atoms with Crippen LogP contribution in [0.1, 0.15) is 13.3 Å². The molecule has 1 amide bonds. The van der Waals surface area contributed by atoms with Gasteiger partial charge < -0.3 is 10.8 Å². The first-order chi connectivity index (χ1) is 5.57. The minimum Gasteiger partial charge on any atom is -0.477 e. The van der Waals surface area contributed by atoms with E-state index in [1.54, 1.807) is 6.92 Å². The average Bonchev–Trinajstić information content (AvgIpc) is 2.00. The van der Waals surface area contributed by atoms with Crippen LogP contribution in [0, 0.1) is 0 Å². The molecular weight excluding hydrogens is 160 g/mol. The second-order valence-corrected chi connectivity index (χ2v) is 1.96. The Labute approximate surface area is 69.6 Å². The van der Waals surface area contributed by atoms with Crippen molar-refractivity contribution in [3.63, 3.8) is 0 Å². The number of hydrogen-bond acceptors (Lipinski definition) is 3. The van der Waals surface area contributed by atoms with Gasteiger partial charge in [0, 0.05) is 12.3 Å². The predicted octanol–water partition coefficient (Wildman–Crippen LogP) is -0.0790.